The van der Waals surface area contributed by atoms with Gasteiger partial charge in [0.1, 0.15) is 5.82 Å². The van der Waals surface area contributed by atoms with Gasteiger partial charge in [-0.1, -0.05) is 0 Å². The van der Waals surface area contributed by atoms with E-state index in [9.17, 15) is 14.0 Å². The number of aromatic amines is 1. The van der Waals surface area contributed by atoms with E-state index in [1.54, 1.807) is 11.9 Å². The van der Waals surface area contributed by atoms with Gasteiger partial charge in [-0.3, -0.25) is 14.7 Å². The van der Waals surface area contributed by atoms with Crippen LogP contribution in [0, 0.1) is 5.82 Å². The number of amides is 2. The number of benzene rings is 1. The molecule has 0 fully saturated rings. The number of rotatable bonds is 3. The monoisotopic (exact) mass is 342 g/mol. The number of hydrogen-bond donors (Lipinski definition) is 2. The van der Waals surface area contributed by atoms with E-state index in [2.05, 4.69) is 15.5 Å². The lowest BCUT2D eigenvalue weighted by atomic mass is 9.89. The van der Waals surface area contributed by atoms with Crippen LogP contribution in [0.1, 0.15) is 41.3 Å². The van der Waals surface area contributed by atoms with Crippen LogP contribution >= 0.6 is 0 Å². The number of halogens is 1. The fourth-order valence-corrected chi connectivity index (χ4v) is 3.74. The third kappa shape index (κ3) is 2.79. The molecular weight excluding hydrogens is 323 g/mol. The molecular formula is C18H19FN4O2. The standard InChI is InChI=1S/C18H19FN4O2/c1-23(9-16-11-3-2-4-15(11)21-22-16)18(25)13-8-17(24)20-14-6-5-10(19)7-12(13)14/h5-7,13H,2-4,8-9H2,1H3,(H,20,24)(H,21,22)/t13-/m1/s1. The molecule has 25 heavy (non-hydrogen) atoms. The summed E-state index contributed by atoms with van der Waals surface area (Å²) in [6, 6.07) is 4.11. The first-order chi connectivity index (χ1) is 12.0. The summed E-state index contributed by atoms with van der Waals surface area (Å²) in [6.07, 6.45) is 3.10. The quantitative estimate of drug-likeness (QED) is 0.897. The fraction of sp³-hybridized carbons (Fsp3) is 0.389. The van der Waals surface area contributed by atoms with Gasteiger partial charge in [-0.2, -0.15) is 5.10 Å². The maximum atomic E-state index is 13.6. The molecule has 1 aliphatic carbocycles. The van der Waals surface area contributed by atoms with Crippen molar-refractivity contribution < 1.29 is 14.0 Å². The van der Waals surface area contributed by atoms with Crippen LogP contribution in [0.25, 0.3) is 0 Å². The Hall–Kier alpha value is -2.70. The van der Waals surface area contributed by atoms with Crippen LogP contribution in [0.3, 0.4) is 0 Å². The lowest BCUT2D eigenvalue weighted by molar-refractivity contribution is -0.134. The molecule has 1 aromatic carbocycles. The first-order valence-corrected chi connectivity index (χ1v) is 8.42. The zero-order valence-corrected chi connectivity index (χ0v) is 13.9. The van der Waals surface area contributed by atoms with Crippen molar-refractivity contribution in [3.8, 4) is 0 Å². The molecule has 2 aliphatic rings. The lowest BCUT2D eigenvalue weighted by Gasteiger charge is -2.28. The molecule has 6 nitrogen and oxygen atoms in total. The zero-order chi connectivity index (χ0) is 17.6. The van der Waals surface area contributed by atoms with Crippen LogP contribution in [0.5, 0.6) is 0 Å². The van der Waals surface area contributed by atoms with Crippen LogP contribution in [0.15, 0.2) is 18.2 Å². The third-order valence-electron chi connectivity index (χ3n) is 5.01. The van der Waals surface area contributed by atoms with Crippen LogP contribution in [-0.2, 0) is 29.0 Å². The summed E-state index contributed by atoms with van der Waals surface area (Å²) in [5.41, 5.74) is 4.27. The van der Waals surface area contributed by atoms with Crippen molar-refractivity contribution in [2.75, 3.05) is 12.4 Å². The molecule has 0 saturated heterocycles. The predicted molar refractivity (Wildman–Crippen MR) is 89.5 cm³/mol. The average molecular weight is 342 g/mol. The molecule has 2 N–H and O–H groups in total. The Morgan fingerprint density at radius 1 is 1.40 bits per heavy atom. The molecule has 7 heteroatoms. The second kappa shape index (κ2) is 5.98. The van der Waals surface area contributed by atoms with E-state index >= 15 is 0 Å². The van der Waals surface area contributed by atoms with Gasteiger partial charge in [-0.15, -0.1) is 0 Å². The number of carbonyl (C=O) groups is 2. The summed E-state index contributed by atoms with van der Waals surface area (Å²) < 4.78 is 13.6. The summed E-state index contributed by atoms with van der Waals surface area (Å²) in [5.74, 6) is -1.51. The first kappa shape index (κ1) is 15.8. The van der Waals surface area contributed by atoms with Gasteiger partial charge in [0, 0.05) is 24.8 Å². The number of hydrogen-bond acceptors (Lipinski definition) is 3. The number of nitrogens with one attached hydrogen (secondary N) is 2. The van der Waals surface area contributed by atoms with E-state index in [1.807, 2.05) is 0 Å². The highest BCUT2D eigenvalue weighted by Crippen LogP contribution is 2.34. The molecule has 0 bridgehead atoms. The minimum atomic E-state index is -0.670. The fourth-order valence-electron chi connectivity index (χ4n) is 3.74. The molecule has 2 aromatic rings. The highest BCUT2D eigenvalue weighted by atomic mass is 19.1. The second-order valence-electron chi connectivity index (χ2n) is 6.71. The van der Waals surface area contributed by atoms with E-state index in [-0.39, 0.29) is 18.2 Å². The van der Waals surface area contributed by atoms with Gasteiger partial charge in [0.15, 0.2) is 0 Å². The molecule has 0 spiro atoms. The van der Waals surface area contributed by atoms with Crippen LogP contribution in [0.4, 0.5) is 10.1 Å². The third-order valence-corrected chi connectivity index (χ3v) is 5.01. The van der Waals surface area contributed by atoms with E-state index < -0.39 is 11.7 Å². The minimum Gasteiger partial charge on any atom is -0.339 e. The van der Waals surface area contributed by atoms with Crippen LogP contribution in [0.2, 0.25) is 0 Å². The average Bonchev–Trinajstić information content (AvgIpc) is 3.19. The van der Waals surface area contributed by atoms with Crippen LogP contribution in [-0.4, -0.2) is 34.0 Å². The molecule has 1 aromatic heterocycles. The van der Waals surface area contributed by atoms with Gasteiger partial charge in [-0.25, -0.2) is 4.39 Å². The number of nitrogens with zero attached hydrogens (tertiary/aromatic N) is 2. The molecule has 4 rings (SSSR count). The minimum absolute atomic E-state index is 0.0261. The number of aryl methyl sites for hydroxylation is 1. The summed E-state index contributed by atoms with van der Waals surface area (Å²) in [5, 5.41) is 10.1. The SMILES string of the molecule is CN(Cc1n[nH]c2c1CCC2)C(=O)[C@@H]1CC(=O)Nc2ccc(F)cc21. The van der Waals surface area contributed by atoms with E-state index in [4.69, 9.17) is 0 Å². The summed E-state index contributed by atoms with van der Waals surface area (Å²) in [6.45, 7) is 0.382. The number of carbonyl (C=O) groups excluding carboxylic acids is 2. The maximum Gasteiger partial charge on any atom is 0.230 e. The summed E-state index contributed by atoms with van der Waals surface area (Å²) in [4.78, 5) is 26.4. The molecule has 130 valence electrons. The van der Waals surface area contributed by atoms with Crippen molar-refractivity contribution >= 4 is 17.5 Å². The second-order valence-corrected chi connectivity index (χ2v) is 6.71. The number of fused-ring (bicyclic) bond motifs is 2. The van der Waals surface area contributed by atoms with E-state index in [0.717, 1.165) is 30.7 Å². The molecule has 0 unspecified atom stereocenters. The van der Waals surface area contributed by atoms with Crippen molar-refractivity contribution in [1.82, 2.24) is 15.1 Å². The number of aromatic nitrogens is 2. The Kier molecular flexibility index (Phi) is 3.78. The summed E-state index contributed by atoms with van der Waals surface area (Å²) >= 11 is 0. The Bertz CT molecular complexity index is 861. The molecule has 0 radical (unpaired) electrons. The Labute approximate surface area is 144 Å². The topological polar surface area (TPSA) is 78.1 Å². The van der Waals surface area contributed by atoms with Gasteiger partial charge in [-0.05, 0) is 48.6 Å². The number of H-pyrrole nitrogens is 1. The van der Waals surface area contributed by atoms with Gasteiger partial charge >= 0.3 is 0 Å². The molecule has 0 saturated carbocycles. The number of likely N-dealkylation sites (N-methyl/N-ethyl adjacent to an activating group) is 1. The normalized spacial score (nSPS) is 18.5. The van der Waals surface area contributed by atoms with Gasteiger partial charge in [0.05, 0.1) is 18.2 Å². The lowest BCUT2D eigenvalue weighted by Crippen LogP contribution is -2.36. The molecule has 2 heterocycles. The van der Waals surface area contributed by atoms with Crippen molar-refractivity contribution in [2.24, 2.45) is 0 Å². The predicted octanol–water partition coefficient (Wildman–Crippen LogP) is 2.12. The Morgan fingerprint density at radius 2 is 2.24 bits per heavy atom. The maximum absolute atomic E-state index is 13.6. The summed E-state index contributed by atoms with van der Waals surface area (Å²) in [7, 11) is 1.70. The molecule has 1 atom stereocenters. The smallest absolute Gasteiger partial charge is 0.230 e. The van der Waals surface area contributed by atoms with Crippen molar-refractivity contribution in [3.05, 3.63) is 46.5 Å². The number of anilines is 1. The van der Waals surface area contributed by atoms with E-state index in [0.29, 0.717) is 17.8 Å². The van der Waals surface area contributed by atoms with Crippen molar-refractivity contribution in [3.63, 3.8) is 0 Å². The Balaban J connectivity index is 1.58. The molecule has 1 aliphatic heterocycles. The van der Waals surface area contributed by atoms with Crippen LogP contribution < -0.4 is 5.32 Å². The first-order valence-electron chi connectivity index (χ1n) is 8.42. The largest absolute Gasteiger partial charge is 0.339 e. The van der Waals surface area contributed by atoms with Gasteiger partial charge < -0.3 is 10.2 Å². The highest BCUT2D eigenvalue weighted by molar-refractivity contribution is 6.01. The van der Waals surface area contributed by atoms with Crippen molar-refractivity contribution in [1.29, 1.82) is 0 Å². The Morgan fingerprint density at radius 3 is 3.08 bits per heavy atom. The van der Waals surface area contributed by atoms with Gasteiger partial charge in [0.2, 0.25) is 11.8 Å². The zero-order valence-electron chi connectivity index (χ0n) is 13.9. The molecule has 2 amide bonds. The van der Waals surface area contributed by atoms with Gasteiger partial charge in [0.25, 0.3) is 0 Å². The highest BCUT2D eigenvalue weighted by Gasteiger charge is 2.33. The van der Waals surface area contributed by atoms with Crippen molar-refractivity contribution in [2.45, 2.75) is 38.1 Å². The van der Waals surface area contributed by atoms with E-state index in [1.165, 1.54) is 23.8 Å².